The number of carbonyl (C=O) groups is 1. The third kappa shape index (κ3) is 4.54. The van der Waals surface area contributed by atoms with Crippen LogP contribution in [0, 0.1) is 0 Å². The van der Waals surface area contributed by atoms with Crippen molar-refractivity contribution in [1.82, 2.24) is 5.32 Å². The summed E-state index contributed by atoms with van der Waals surface area (Å²) in [5.74, 6) is -0.415. The number of hydrogen-bond donors (Lipinski definition) is 2. The lowest BCUT2D eigenvalue weighted by Crippen LogP contribution is -2.27. The van der Waals surface area contributed by atoms with Gasteiger partial charge in [-0.05, 0) is 42.8 Å². The van der Waals surface area contributed by atoms with Crippen LogP contribution in [0.2, 0.25) is 5.02 Å². The lowest BCUT2D eigenvalue weighted by atomic mass is 10.1. The van der Waals surface area contributed by atoms with Crippen molar-refractivity contribution in [2.75, 3.05) is 0 Å². The number of primary sulfonamides is 1. The smallest absolute Gasteiger partial charge is 0.251 e. The summed E-state index contributed by atoms with van der Waals surface area (Å²) in [6, 6.07) is 11.2. The maximum atomic E-state index is 12.3. The molecule has 0 aliphatic carbocycles. The van der Waals surface area contributed by atoms with Crippen LogP contribution in [0.15, 0.2) is 51.8 Å². The van der Waals surface area contributed by atoms with Crippen LogP contribution >= 0.6 is 27.5 Å². The van der Waals surface area contributed by atoms with Crippen molar-refractivity contribution < 1.29 is 13.2 Å². The summed E-state index contributed by atoms with van der Waals surface area (Å²) in [6.07, 6.45) is 0. The molecule has 5 nitrogen and oxygen atoms in total. The van der Waals surface area contributed by atoms with Crippen LogP contribution in [0.1, 0.15) is 28.9 Å². The number of amides is 1. The van der Waals surface area contributed by atoms with Crippen LogP contribution in [0.3, 0.4) is 0 Å². The number of sulfonamides is 1. The van der Waals surface area contributed by atoms with Gasteiger partial charge in [-0.25, -0.2) is 13.6 Å². The second-order valence-electron chi connectivity index (χ2n) is 4.94. The molecule has 23 heavy (non-hydrogen) atoms. The van der Waals surface area contributed by atoms with E-state index in [-0.39, 0.29) is 21.5 Å². The van der Waals surface area contributed by atoms with Gasteiger partial charge < -0.3 is 5.32 Å². The topological polar surface area (TPSA) is 89.3 Å². The first-order valence-electron chi connectivity index (χ1n) is 6.57. The van der Waals surface area contributed by atoms with Gasteiger partial charge in [0.25, 0.3) is 5.91 Å². The highest BCUT2D eigenvalue weighted by atomic mass is 79.9. The number of nitrogens with two attached hydrogens (primary N) is 1. The van der Waals surface area contributed by atoms with Gasteiger partial charge in [-0.2, -0.15) is 0 Å². The zero-order valence-electron chi connectivity index (χ0n) is 12.1. The predicted octanol–water partition coefficient (Wildman–Crippen LogP) is 3.24. The molecule has 122 valence electrons. The lowest BCUT2D eigenvalue weighted by Gasteiger charge is -2.15. The minimum atomic E-state index is -3.99. The van der Waals surface area contributed by atoms with E-state index in [9.17, 15) is 13.2 Å². The maximum Gasteiger partial charge on any atom is 0.251 e. The highest BCUT2D eigenvalue weighted by Crippen LogP contribution is 2.22. The van der Waals surface area contributed by atoms with Gasteiger partial charge in [0, 0.05) is 10.0 Å². The second-order valence-corrected chi connectivity index (χ2v) is 7.79. The quantitative estimate of drug-likeness (QED) is 0.800. The Bertz CT molecular complexity index is 838. The molecule has 0 aliphatic rings. The van der Waals surface area contributed by atoms with Crippen molar-refractivity contribution in [2.24, 2.45) is 5.14 Å². The van der Waals surface area contributed by atoms with E-state index in [1.807, 2.05) is 31.2 Å². The highest BCUT2D eigenvalue weighted by Gasteiger charge is 2.17. The zero-order chi connectivity index (χ0) is 17.2. The summed E-state index contributed by atoms with van der Waals surface area (Å²) in [5.41, 5.74) is 1.09. The van der Waals surface area contributed by atoms with E-state index in [1.54, 1.807) is 0 Å². The van der Waals surface area contributed by atoms with Crippen LogP contribution in [-0.4, -0.2) is 14.3 Å². The lowest BCUT2D eigenvalue weighted by molar-refractivity contribution is 0.0939. The van der Waals surface area contributed by atoms with E-state index in [1.165, 1.54) is 18.2 Å². The molecule has 0 saturated heterocycles. The summed E-state index contributed by atoms with van der Waals surface area (Å²) in [7, 11) is -3.99. The number of carbonyl (C=O) groups excluding carboxylic acids is 1. The van der Waals surface area contributed by atoms with Crippen molar-refractivity contribution in [3.05, 3.63) is 63.1 Å². The van der Waals surface area contributed by atoms with Crippen LogP contribution < -0.4 is 10.5 Å². The largest absolute Gasteiger partial charge is 0.346 e. The first kappa shape index (κ1) is 17.9. The molecule has 0 spiro atoms. The van der Waals surface area contributed by atoms with Gasteiger partial charge in [0.05, 0.1) is 11.1 Å². The number of nitrogens with one attached hydrogen (secondary N) is 1. The molecular weight excluding hydrogens is 404 g/mol. The molecule has 2 aromatic carbocycles. The van der Waals surface area contributed by atoms with Crippen molar-refractivity contribution >= 4 is 43.5 Å². The van der Waals surface area contributed by atoms with E-state index < -0.39 is 15.9 Å². The molecule has 0 aliphatic heterocycles. The Morgan fingerprint density at radius 3 is 2.39 bits per heavy atom. The molecule has 2 aromatic rings. The summed E-state index contributed by atoms with van der Waals surface area (Å²) in [4.78, 5) is 12.0. The van der Waals surface area contributed by atoms with Crippen molar-refractivity contribution in [3.63, 3.8) is 0 Å². The summed E-state index contributed by atoms with van der Waals surface area (Å²) >= 11 is 9.15. The van der Waals surface area contributed by atoms with Crippen LogP contribution in [-0.2, 0) is 10.0 Å². The molecule has 1 amide bonds. The zero-order valence-corrected chi connectivity index (χ0v) is 15.2. The standard InChI is InChI=1S/C15H14BrClN2O3S/c1-9(10-2-5-12(16)6-3-10)19-15(20)11-4-7-13(17)14(8-11)23(18,21)22/h2-9H,1H3,(H,19,20)(H2,18,21,22)/t9-/m1/s1. The fraction of sp³-hybridized carbons (Fsp3) is 0.133. The molecule has 2 rings (SSSR count). The van der Waals surface area contributed by atoms with Gasteiger partial charge in [0.1, 0.15) is 4.90 Å². The first-order chi connectivity index (χ1) is 10.7. The van der Waals surface area contributed by atoms with Gasteiger partial charge in [-0.1, -0.05) is 39.7 Å². The first-order valence-corrected chi connectivity index (χ1v) is 9.29. The number of hydrogen-bond acceptors (Lipinski definition) is 3. The molecule has 8 heteroatoms. The number of benzene rings is 2. The Hall–Kier alpha value is -1.41. The molecule has 0 bridgehead atoms. The average Bonchev–Trinajstić information content (AvgIpc) is 2.47. The fourth-order valence-corrected chi connectivity index (χ4v) is 3.31. The van der Waals surface area contributed by atoms with Gasteiger partial charge in [0.15, 0.2) is 0 Å². The Morgan fingerprint density at radius 2 is 1.83 bits per heavy atom. The average molecular weight is 418 g/mol. The predicted molar refractivity (Wildman–Crippen MR) is 92.8 cm³/mol. The monoisotopic (exact) mass is 416 g/mol. The normalized spacial score (nSPS) is 12.7. The summed E-state index contributed by atoms with van der Waals surface area (Å²) in [5, 5.41) is 7.86. The molecule has 0 radical (unpaired) electrons. The minimum absolute atomic E-state index is 0.0231. The van der Waals surface area contributed by atoms with Crippen molar-refractivity contribution in [1.29, 1.82) is 0 Å². The Labute approximate surface area is 148 Å². The Balaban J connectivity index is 2.22. The van der Waals surface area contributed by atoms with Gasteiger partial charge in [-0.3, -0.25) is 4.79 Å². The second kappa shape index (κ2) is 7.00. The molecule has 0 saturated carbocycles. The molecule has 0 unspecified atom stereocenters. The van der Waals surface area contributed by atoms with E-state index in [0.29, 0.717) is 0 Å². The van der Waals surface area contributed by atoms with Gasteiger partial charge in [-0.15, -0.1) is 0 Å². The molecule has 0 aromatic heterocycles. The molecule has 0 heterocycles. The molecular formula is C15H14BrClN2O3S. The maximum absolute atomic E-state index is 12.3. The van der Waals surface area contributed by atoms with Crippen LogP contribution in [0.25, 0.3) is 0 Å². The molecule has 1 atom stereocenters. The van der Waals surface area contributed by atoms with Crippen molar-refractivity contribution in [2.45, 2.75) is 17.9 Å². The van der Waals surface area contributed by atoms with Gasteiger partial charge in [0.2, 0.25) is 10.0 Å². The third-order valence-electron chi connectivity index (χ3n) is 3.22. The SMILES string of the molecule is C[C@@H](NC(=O)c1ccc(Cl)c(S(N)(=O)=O)c1)c1ccc(Br)cc1. The van der Waals surface area contributed by atoms with E-state index in [4.69, 9.17) is 16.7 Å². The molecule has 0 fully saturated rings. The van der Waals surface area contributed by atoms with Crippen LogP contribution in [0.5, 0.6) is 0 Å². The summed E-state index contributed by atoms with van der Waals surface area (Å²) < 4.78 is 23.9. The van der Waals surface area contributed by atoms with Gasteiger partial charge >= 0.3 is 0 Å². The fourth-order valence-electron chi connectivity index (χ4n) is 1.98. The molecule has 3 N–H and O–H groups in total. The minimum Gasteiger partial charge on any atom is -0.346 e. The Kier molecular flexibility index (Phi) is 5.46. The summed E-state index contributed by atoms with van der Waals surface area (Å²) in [6.45, 7) is 1.83. The number of halogens is 2. The Morgan fingerprint density at radius 1 is 1.22 bits per heavy atom. The van der Waals surface area contributed by atoms with Crippen molar-refractivity contribution in [3.8, 4) is 0 Å². The highest BCUT2D eigenvalue weighted by molar-refractivity contribution is 9.10. The number of rotatable bonds is 4. The van der Waals surface area contributed by atoms with E-state index >= 15 is 0 Å². The van der Waals surface area contributed by atoms with Crippen LogP contribution in [0.4, 0.5) is 0 Å². The van der Waals surface area contributed by atoms with E-state index in [2.05, 4.69) is 21.2 Å². The third-order valence-corrected chi connectivity index (χ3v) is 5.14. The van der Waals surface area contributed by atoms with E-state index in [0.717, 1.165) is 10.0 Å².